The zero-order valence-electron chi connectivity index (χ0n) is 11.9. The zero-order valence-corrected chi connectivity index (χ0v) is 13.5. The Balaban J connectivity index is 2.76. The van der Waals surface area contributed by atoms with Crippen LogP contribution in [-0.4, -0.2) is 6.54 Å². The third-order valence-electron chi connectivity index (χ3n) is 3.62. The van der Waals surface area contributed by atoms with E-state index >= 15 is 0 Å². The van der Waals surface area contributed by atoms with E-state index in [1.165, 1.54) is 35.7 Å². The van der Waals surface area contributed by atoms with Crippen LogP contribution in [0.2, 0.25) is 0 Å². The molecule has 0 saturated carbocycles. The molecule has 1 aromatic rings. The number of rotatable bonds is 8. The maximum atomic E-state index is 3.69. The molecule has 0 fully saturated rings. The van der Waals surface area contributed by atoms with Crippen LogP contribution >= 0.6 is 15.9 Å². The van der Waals surface area contributed by atoms with E-state index < -0.39 is 0 Å². The molecule has 0 saturated heterocycles. The van der Waals surface area contributed by atoms with Gasteiger partial charge in [-0.15, -0.1) is 0 Å². The van der Waals surface area contributed by atoms with Crippen molar-refractivity contribution >= 4 is 15.9 Å². The lowest BCUT2D eigenvalue weighted by Gasteiger charge is -2.23. The maximum absolute atomic E-state index is 3.69. The summed E-state index contributed by atoms with van der Waals surface area (Å²) in [5.74, 6) is 0.818. The van der Waals surface area contributed by atoms with E-state index in [1.54, 1.807) is 0 Å². The van der Waals surface area contributed by atoms with Gasteiger partial charge in [0, 0.05) is 10.5 Å². The Labute approximate surface area is 120 Å². The molecule has 1 rings (SSSR count). The predicted molar refractivity (Wildman–Crippen MR) is 83.9 cm³/mol. The number of nitrogens with one attached hydrogen (secondary N) is 1. The molecule has 1 unspecified atom stereocenters. The van der Waals surface area contributed by atoms with Crippen LogP contribution in [0.4, 0.5) is 0 Å². The Morgan fingerprint density at radius 2 is 1.89 bits per heavy atom. The average molecular weight is 312 g/mol. The standard InChI is InChI=1S/C16H26BrN/c1-4-10-18-16(11-13(5-2)6-3)14-8-7-9-15(17)12-14/h7-9,12-13,16,18H,4-6,10-11H2,1-3H3. The van der Waals surface area contributed by atoms with Crippen LogP contribution in [0.1, 0.15) is 58.1 Å². The molecule has 102 valence electrons. The quantitative estimate of drug-likeness (QED) is 0.685. The first-order valence-corrected chi connectivity index (χ1v) is 7.99. The highest BCUT2D eigenvalue weighted by atomic mass is 79.9. The second kappa shape index (κ2) is 8.71. The smallest absolute Gasteiger partial charge is 0.0323 e. The van der Waals surface area contributed by atoms with Gasteiger partial charge < -0.3 is 5.32 Å². The summed E-state index contributed by atoms with van der Waals surface area (Å²) in [6.45, 7) is 7.91. The molecular weight excluding hydrogens is 286 g/mol. The van der Waals surface area contributed by atoms with Crippen molar-refractivity contribution in [3.8, 4) is 0 Å². The van der Waals surface area contributed by atoms with E-state index in [2.05, 4.69) is 66.3 Å². The van der Waals surface area contributed by atoms with Crippen LogP contribution in [0, 0.1) is 5.92 Å². The molecule has 0 bridgehead atoms. The van der Waals surface area contributed by atoms with Crippen molar-refractivity contribution in [2.45, 2.75) is 52.5 Å². The van der Waals surface area contributed by atoms with Crippen LogP contribution in [0.25, 0.3) is 0 Å². The summed E-state index contributed by atoms with van der Waals surface area (Å²) in [6.07, 6.45) is 4.97. The lowest BCUT2D eigenvalue weighted by Crippen LogP contribution is -2.24. The van der Waals surface area contributed by atoms with Crippen molar-refractivity contribution in [3.05, 3.63) is 34.3 Å². The van der Waals surface area contributed by atoms with Crippen molar-refractivity contribution < 1.29 is 0 Å². The number of hydrogen-bond donors (Lipinski definition) is 1. The van der Waals surface area contributed by atoms with Gasteiger partial charge in [0.1, 0.15) is 0 Å². The monoisotopic (exact) mass is 311 g/mol. The minimum Gasteiger partial charge on any atom is -0.310 e. The molecule has 0 aliphatic heterocycles. The normalized spacial score (nSPS) is 12.9. The molecule has 1 nitrogen and oxygen atoms in total. The Morgan fingerprint density at radius 3 is 2.44 bits per heavy atom. The Morgan fingerprint density at radius 1 is 1.17 bits per heavy atom. The summed E-state index contributed by atoms with van der Waals surface area (Å²) in [4.78, 5) is 0. The maximum Gasteiger partial charge on any atom is 0.0323 e. The summed E-state index contributed by atoms with van der Waals surface area (Å²) in [5.41, 5.74) is 1.41. The highest BCUT2D eigenvalue weighted by Gasteiger charge is 2.15. The van der Waals surface area contributed by atoms with E-state index in [0.717, 1.165) is 12.5 Å². The van der Waals surface area contributed by atoms with Gasteiger partial charge in [-0.1, -0.05) is 61.7 Å². The molecule has 0 radical (unpaired) electrons. The molecule has 1 N–H and O–H groups in total. The first-order chi connectivity index (χ1) is 8.71. The fourth-order valence-corrected chi connectivity index (χ4v) is 2.75. The van der Waals surface area contributed by atoms with Crippen LogP contribution in [0.15, 0.2) is 28.7 Å². The summed E-state index contributed by atoms with van der Waals surface area (Å²) < 4.78 is 1.17. The molecule has 0 spiro atoms. The number of benzene rings is 1. The lowest BCUT2D eigenvalue weighted by molar-refractivity contribution is 0.371. The topological polar surface area (TPSA) is 12.0 Å². The van der Waals surface area contributed by atoms with Gasteiger partial charge >= 0.3 is 0 Å². The SMILES string of the molecule is CCCNC(CC(CC)CC)c1cccc(Br)c1. The minimum absolute atomic E-state index is 0.493. The fraction of sp³-hybridized carbons (Fsp3) is 0.625. The molecule has 0 aromatic heterocycles. The van der Waals surface area contributed by atoms with Crippen molar-refractivity contribution in [2.24, 2.45) is 5.92 Å². The molecule has 18 heavy (non-hydrogen) atoms. The van der Waals surface area contributed by atoms with E-state index in [9.17, 15) is 0 Å². The summed E-state index contributed by atoms with van der Waals surface area (Å²) in [6, 6.07) is 9.20. The van der Waals surface area contributed by atoms with Gasteiger partial charge in [0.25, 0.3) is 0 Å². The van der Waals surface area contributed by atoms with E-state index in [4.69, 9.17) is 0 Å². The Bertz CT molecular complexity index is 334. The lowest BCUT2D eigenvalue weighted by atomic mass is 9.91. The van der Waals surface area contributed by atoms with Crippen LogP contribution in [0.5, 0.6) is 0 Å². The van der Waals surface area contributed by atoms with Gasteiger partial charge in [-0.2, -0.15) is 0 Å². The van der Waals surface area contributed by atoms with Crippen molar-refractivity contribution in [1.82, 2.24) is 5.32 Å². The zero-order chi connectivity index (χ0) is 13.4. The third kappa shape index (κ3) is 5.11. The molecule has 2 heteroatoms. The summed E-state index contributed by atoms with van der Waals surface area (Å²) >= 11 is 3.57. The predicted octanol–water partition coefficient (Wildman–Crippen LogP) is 5.32. The molecule has 1 atom stereocenters. The first-order valence-electron chi connectivity index (χ1n) is 7.20. The average Bonchev–Trinajstić information content (AvgIpc) is 2.39. The molecule has 0 heterocycles. The molecule has 1 aromatic carbocycles. The number of halogens is 1. The van der Waals surface area contributed by atoms with E-state index in [-0.39, 0.29) is 0 Å². The van der Waals surface area contributed by atoms with Gasteiger partial charge in [0.05, 0.1) is 0 Å². The van der Waals surface area contributed by atoms with Gasteiger partial charge in [-0.05, 0) is 43.0 Å². The highest BCUT2D eigenvalue weighted by Crippen LogP contribution is 2.27. The van der Waals surface area contributed by atoms with Gasteiger partial charge in [0.2, 0.25) is 0 Å². The van der Waals surface area contributed by atoms with Crippen LogP contribution < -0.4 is 5.32 Å². The Kier molecular flexibility index (Phi) is 7.60. The molecular formula is C16H26BrN. The first kappa shape index (κ1) is 15.7. The molecule has 0 aliphatic carbocycles. The minimum atomic E-state index is 0.493. The Hall–Kier alpha value is -0.340. The molecule has 0 aliphatic rings. The van der Waals surface area contributed by atoms with Crippen molar-refractivity contribution in [3.63, 3.8) is 0 Å². The largest absolute Gasteiger partial charge is 0.310 e. The number of hydrogen-bond acceptors (Lipinski definition) is 1. The fourth-order valence-electron chi connectivity index (χ4n) is 2.33. The molecule has 0 amide bonds. The van der Waals surface area contributed by atoms with Gasteiger partial charge in [-0.3, -0.25) is 0 Å². The van der Waals surface area contributed by atoms with Crippen LogP contribution in [0.3, 0.4) is 0 Å². The van der Waals surface area contributed by atoms with Gasteiger partial charge in [0.15, 0.2) is 0 Å². The summed E-state index contributed by atoms with van der Waals surface area (Å²) in [7, 11) is 0. The van der Waals surface area contributed by atoms with Crippen molar-refractivity contribution in [2.75, 3.05) is 6.54 Å². The van der Waals surface area contributed by atoms with Crippen LogP contribution in [-0.2, 0) is 0 Å². The third-order valence-corrected chi connectivity index (χ3v) is 4.11. The highest BCUT2D eigenvalue weighted by molar-refractivity contribution is 9.10. The van der Waals surface area contributed by atoms with Gasteiger partial charge in [-0.25, -0.2) is 0 Å². The second-order valence-corrected chi connectivity index (χ2v) is 5.90. The second-order valence-electron chi connectivity index (χ2n) is 4.98. The summed E-state index contributed by atoms with van der Waals surface area (Å²) in [5, 5.41) is 3.69. The van der Waals surface area contributed by atoms with E-state index in [0.29, 0.717) is 6.04 Å². The van der Waals surface area contributed by atoms with E-state index in [1.807, 2.05) is 0 Å². The van der Waals surface area contributed by atoms with Crippen molar-refractivity contribution in [1.29, 1.82) is 0 Å².